The predicted molar refractivity (Wildman–Crippen MR) is 73.2 cm³/mol. The SMILES string of the molecule is Cc1cccc2c1-c1ccc(N)cc1C2(C)C. The fourth-order valence-corrected chi connectivity index (χ4v) is 2.99. The van der Waals surface area contributed by atoms with Gasteiger partial charge in [0.05, 0.1) is 0 Å². The van der Waals surface area contributed by atoms with Crippen LogP contribution in [-0.4, -0.2) is 0 Å². The topological polar surface area (TPSA) is 26.0 Å². The van der Waals surface area contributed by atoms with Gasteiger partial charge in [0.2, 0.25) is 0 Å². The Morgan fingerprint density at radius 1 is 1.00 bits per heavy atom. The summed E-state index contributed by atoms with van der Waals surface area (Å²) >= 11 is 0. The molecule has 0 aliphatic heterocycles. The first-order valence-corrected chi connectivity index (χ1v) is 6.02. The molecule has 0 bridgehead atoms. The number of benzene rings is 2. The van der Waals surface area contributed by atoms with Gasteiger partial charge in [-0.3, -0.25) is 0 Å². The van der Waals surface area contributed by atoms with Crippen LogP contribution in [0.5, 0.6) is 0 Å². The van der Waals surface area contributed by atoms with Crippen molar-refractivity contribution in [2.75, 3.05) is 5.73 Å². The Hall–Kier alpha value is -1.76. The van der Waals surface area contributed by atoms with E-state index in [1.807, 2.05) is 6.07 Å². The number of fused-ring (bicyclic) bond motifs is 3. The Morgan fingerprint density at radius 3 is 2.53 bits per heavy atom. The Labute approximate surface area is 102 Å². The maximum atomic E-state index is 5.92. The van der Waals surface area contributed by atoms with Crippen molar-refractivity contribution >= 4 is 5.69 Å². The minimum absolute atomic E-state index is 0.0616. The van der Waals surface area contributed by atoms with Crippen molar-refractivity contribution in [1.82, 2.24) is 0 Å². The summed E-state index contributed by atoms with van der Waals surface area (Å²) in [5, 5.41) is 0. The molecular weight excluding hydrogens is 206 g/mol. The van der Waals surface area contributed by atoms with Crippen molar-refractivity contribution in [1.29, 1.82) is 0 Å². The van der Waals surface area contributed by atoms with Gasteiger partial charge in [-0.25, -0.2) is 0 Å². The van der Waals surface area contributed by atoms with E-state index in [1.165, 1.54) is 27.8 Å². The molecule has 1 aliphatic rings. The lowest BCUT2D eigenvalue weighted by atomic mass is 9.82. The molecule has 2 aromatic rings. The molecule has 1 heteroatoms. The molecule has 0 saturated heterocycles. The van der Waals surface area contributed by atoms with Crippen LogP contribution in [0.4, 0.5) is 5.69 Å². The molecule has 0 saturated carbocycles. The standard InChI is InChI=1S/C16H17N/c1-10-5-4-6-13-15(10)12-8-7-11(17)9-14(12)16(13,2)3/h4-9H,17H2,1-3H3. The highest BCUT2D eigenvalue weighted by Crippen LogP contribution is 2.50. The summed E-state index contributed by atoms with van der Waals surface area (Å²) in [6.45, 7) is 6.73. The number of nitrogens with two attached hydrogens (primary N) is 1. The Kier molecular flexibility index (Phi) is 1.91. The second-order valence-electron chi connectivity index (χ2n) is 5.43. The summed E-state index contributed by atoms with van der Waals surface area (Å²) in [7, 11) is 0. The van der Waals surface area contributed by atoms with Crippen LogP contribution in [-0.2, 0) is 5.41 Å². The van der Waals surface area contributed by atoms with E-state index >= 15 is 0 Å². The smallest absolute Gasteiger partial charge is 0.0317 e. The predicted octanol–water partition coefficient (Wildman–Crippen LogP) is 3.88. The number of anilines is 1. The van der Waals surface area contributed by atoms with Gasteiger partial charge in [-0.1, -0.05) is 38.1 Å². The van der Waals surface area contributed by atoms with Crippen molar-refractivity contribution in [3.8, 4) is 11.1 Å². The van der Waals surface area contributed by atoms with E-state index in [4.69, 9.17) is 5.73 Å². The second-order valence-corrected chi connectivity index (χ2v) is 5.43. The van der Waals surface area contributed by atoms with Gasteiger partial charge in [0.15, 0.2) is 0 Å². The fourth-order valence-electron chi connectivity index (χ4n) is 2.99. The van der Waals surface area contributed by atoms with Crippen LogP contribution < -0.4 is 5.73 Å². The molecule has 0 unspecified atom stereocenters. The van der Waals surface area contributed by atoms with E-state index in [0.29, 0.717) is 0 Å². The highest BCUT2D eigenvalue weighted by atomic mass is 14.5. The van der Waals surface area contributed by atoms with Gasteiger partial charge in [-0.05, 0) is 46.9 Å². The molecule has 0 aromatic heterocycles. The van der Waals surface area contributed by atoms with Crippen molar-refractivity contribution < 1.29 is 0 Å². The van der Waals surface area contributed by atoms with E-state index < -0.39 is 0 Å². The van der Waals surface area contributed by atoms with Gasteiger partial charge in [0.25, 0.3) is 0 Å². The van der Waals surface area contributed by atoms with Gasteiger partial charge in [-0.2, -0.15) is 0 Å². The molecule has 1 aliphatic carbocycles. The van der Waals surface area contributed by atoms with Crippen LogP contribution in [0.15, 0.2) is 36.4 Å². The van der Waals surface area contributed by atoms with E-state index in [-0.39, 0.29) is 5.41 Å². The summed E-state index contributed by atoms with van der Waals surface area (Å²) in [5.74, 6) is 0. The molecular formula is C16H17N. The third-order valence-electron chi connectivity index (χ3n) is 3.93. The van der Waals surface area contributed by atoms with Crippen LogP contribution in [0.3, 0.4) is 0 Å². The maximum absolute atomic E-state index is 5.92. The van der Waals surface area contributed by atoms with E-state index in [9.17, 15) is 0 Å². The highest BCUT2D eigenvalue weighted by molar-refractivity contribution is 5.84. The normalized spacial score (nSPS) is 15.5. The Balaban J connectivity index is 2.43. The molecule has 0 spiro atoms. The third-order valence-corrected chi connectivity index (χ3v) is 3.93. The minimum atomic E-state index is 0.0616. The fraction of sp³-hybridized carbons (Fsp3) is 0.250. The minimum Gasteiger partial charge on any atom is -0.399 e. The van der Waals surface area contributed by atoms with Crippen molar-refractivity contribution in [2.45, 2.75) is 26.2 Å². The average Bonchev–Trinajstić information content (AvgIpc) is 2.50. The van der Waals surface area contributed by atoms with E-state index in [0.717, 1.165) is 5.69 Å². The van der Waals surface area contributed by atoms with Gasteiger partial charge in [-0.15, -0.1) is 0 Å². The Morgan fingerprint density at radius 2 is 1.76 bits per heavy atom. The molecule has 0 heterocycles. The number of hydrogen-bond acceptors (Lipinski definition) is 1. The zero-order valence-corrected chi connectivity index (χ0v) is 10.5. The summed E-state index contributed by atoms with van der Waals surface area (Å²) in [6, 6.07) is 12.8. The quantitative estimate of drug-likeness (QED) is 0.674. The zero-order chi connectivity index (χ0) is 12.2. The molecule has 0 atom stereocenters. The monoisotopic (exact) mass is 223 g/mol. The molecule has 86 valence electrons. The third kappa shape index (κ3) is 1.25. The second kappa shape index (κ2) is 3.13. The summed E-state index contributed by atoms with van der Waals surface area (Å²) in [5.41, 5.74) is 13.7. The molecule has 2 aromatic carbocycles. The number of hydrogen-bond donors (Lipinski definition) is 1. The van der Waals surface area contributed by atoms with Gasteiger partial charge >= 0.3 is 0 Å². The molecule has 0 radical (unpaired) electrons. The van der Waals surface area contributed by atoms with E-state index in [1.54, 1.807) is 0 Å². The lowest BCUT2D eigenvalue weighted by molar-refractivity contribution is 0.660. The Bertz CT molecular complexity index is 609. The lowest BCUT2D eigenvalue weighted by Gasteiger charge is -2.21. The first-order chi connectivity index (χ1) is 8.01. The highest BCUT2D eigenvalue weighted by Gasteiger charge is 2.35. The summed E-state index contributed by atoms with van der Waals surface area (Å²) < 4.78 is 0. The van der Waals surface area contributed by atoms with Crippen LogP contribution >= 0.6 is 0 Å². The van der Waals surface area contributed by atoms with Crippen LogP contribution in [0.25, 0.3) is 11.1 Å². The first kappa shape index (κ1) is 10.4. The van der Waals surface area contributed by atoms with Gasteiger partial charge in [0, 0.05) is 11.1 Å². The number of nitrogen functional groups attached to an aromatic ring is 1. The van der Waals surface area contributed by atoms with Crippen LogP contribution in [0.2, 0.25) is 0 Å². The average molecular weight is 223 g/mol. The van der Waals surface area contributed by atoms with Crippen LogP contribution in [0, 0.1) is 6.92 Å². The molecule has 0 amide bonds. The van der Waals surface area contributed by atoms with E-state index in [2.05, 4.69) is 51.1 Å². The largest absolute Gasteiger partial charge is 0.399 e. The molecule has 17 heavy (non-hydrogen) atoms. The maximum Gasteiger partial charge on any atom is 0.0317 e. The summed E-state index contributed by atoms with van der Waals surface area (Å²) in [4.78, 5) is 0. The summed E-state index contributed by atoms with van der Waals surface area (Å²) in [6.07, 6.45) is 0. The van der Waals surface area contributed by atoms with Gasteiger partial charge < -0.3 is 5.73 Å². The van der Waals surface area contributed by atoms with Gasteiger partial charge in [0.1, 0.15) is 0 Å². The molecule has 2 N–H and O–H groups in total. The van der Waals surface area contributed by atoms with Crippen molar-refractivity contribution in [3.63, 3.8) is 0 Å². The number of rotatable bonds is 0. The lowest BCUT2D eigenvalue weighted by Crippen LogP contribution is -2.15. The zero-order valence-electron chi connectivity index (χ0n) is 10.5. The first-order valence-electron chi connectivity index (χ1n) is 6.02. The molecule has 0 fully saturated rings. The van der Waals surface area contributed by atoms with Crippen molar-refractivity contribution in [2.24, 2.45) is 0 Å². The van der Waals surface area contributed by atoms with Crippen molar-refractivity contribution in [3.05, 3.63) is 53.1 Å². The number of aryl methyl sites for hydroxylation is 1. The van der Waals surface area contributed by atoms with Crippen LogP contribution in [0.1, 0.15) is 30.5 Å². The molecule has 3 rings (SSSR count). The molecule has 1 nitrogen and oxygen atoms in total.